The van der Waals surface area contributed by atoms with Crippen molar-refractivity contribution in [1.82, 2.24) is 10.2 Å². The summed E-state index contributed by atoms with van der Waals surface area (Å²) in [4.78, 5) is 14.0. The summed E-state index contributed by atoms with van der Waals surface area (Å²) in [5.41, 5.74) is 0.403. The Bertz CT molecular complexity index is 511. The van der Waals surface area contributed by atoms with Crippen molar-refractivity contribution in [3.8, 4) is 5.75 Å². The van der Waals surface area contributed by atoms with Crippen LogP contribution in [0.1, 0.15) is 19.3 Å². The first-order valence-corrected chi connectivity index (χ1v) is 7.54. The number of amides is 1. The molecule has 2 fully saturated rings. The van der Waals surface area contributed by atoms with Crippen LogP contribution in [0, 0.1) is 11.2 Å². The van der Waals surface area contributed by atoms with Gasteiger partial charge in [-0.25, -0.2) is 4.39 Å². The Morgan fingerprint density at radius 1 is 1.32 bits per heavy atom. The lowest BCUT2D eigenvalue weighted by molar-refractivity contribution is -0.135. The Balaban J connectivity index is 0.00000176. The fourth-order valence-electron chi connectivity index (χ4n) is 3.25. The molecule has 0 aromatic heterocycles. The maximum Gasteiger partial charge on any atom is 0.260 e. The van der Waals surface area contributed by atoms with E-state index in [1.54, 1.807) is 12.1 Å². The monoisotopic (exact) mass is 328 g/mol. The average Bonchev–Trinajstić information content (AvgIpc) is 2.94. The van der Waals surface area contributed by atoms with Crippen LogP contribution in [0.25, 0.3) is 0 Å². The zero-order valence-electron chi connectivity index (χ0n) is 12.5. The second kappa shape index (κ2) is 7.29. The van der Waals surface area contributed by atoms with E-state index in [0.717, 1.165) is 39.0 Å². The number of carbonyl (C=O) groups is 1. The average molecular weight is 329 g/mol. The third-order valence-electron chi connectivity index (χ3n) is 4.67. The summed E-state index contributed by atoms with van der Waals surface area (Å²) in [5.74, 6) is 0.0329. The number of carbonyl (C=O) groups excluding carboxylic acids is 1. The van der Waals surface area contributed by atoms with E-state index in [0.29, 0.717) is 11.2 Å². The number of nitrogens with zero attached hydrogens (tertiary/aromatic N) is 1. The second-order valence-electron chi connectivity index (χ2n) is 6.05. The first kappa shape index (κ1) is 17.0. The van der Waals surface area contributed by atoms with Gasteiger partial charge in [-0.2, -0.15) is 0 Å². The molecule has 0 aliphatic carbocycles. The van der Waals surface area contributed by atoms with Crippen LogP contribution >= 0.6 is 12.4 Å². The van der Waals surface area contributed by atoms with Crippen LogP contribution in [-0.4, -0.2) is 43.6 Å². The molecule has 6 heteroatoms. The van der Waals surface area contributed by atoms with Crippen molar-refractivity contribution in [3.05, 3.63) is 30.1 Å². The van der Waals surface area contributed by atoms with Gasteiger partial charge in [-0.1, -0.05) is 6.07 Å². The van der Waals surface area contributed by atoms with Crippen LogP contribution in [0.15, 0.2) is 24.3 Å². The standard InChI is InChI=1S/C16H21FN2O2.ClH/c17-13-2-1-3-14(10-13)21-11-15(20)19-8-5-16(6-9-19)4-7-18-12-16;/h1-3,10,18H,4-9,11-12H2;1H. The zero-order valence-corrected chi connectivity index (χ0v) is 13.3. The van der Waals surface area contributed by atoms with Crippen LogP contribution in [0.5, 0.6) is 5.75 Å². The molecule has 3 rings (SSSR count). The van der Waals surface area contributed by atoms with Crippen LogP contribution < -0.4 is 10.1 Å². The van der Waals surface area contributed by atoms with Crippen LogP contribution in [-0.2, 0) is 4.79 Å². The molecule has 122 valence electrons. The number of hydrogen-bond acceptors (Lipinski definition) is 3. The van der Waals surface area contributed by atoms with Gasteiger partial charge in [0.2, 0.25) is 0 Å². The molecule has 2 heterocycles. The highest BCUT2D eigenvalue weighted by atomic mass is 35.5. The molecule has 22 heavy (non-hydrogen) atoms. The van der Waals surface area contributed by atoms with Crippen molar-refractivity contribution >= 4 is 18.3 Å². The first-order chi connectivity index (χ1) is 10.2. The third-order valence-corrected chi connectivity index (χ3v) is 4.67. The van der Waals surface area contributed by atoms with Gasteiger partial charge in [-0.15, -0.1) is 12.4 Å². The summed E-state index contributed by atoms with van der Waals surface area (Å²) in [6.07, 6.45) is 3.34. The lowest BCUT2D eigenvalue weighted by Crippen LogP contribution is -2.45. The van der Waals surface area contributed by atoms with Gasteiger partial charge in [-0.05, 0) is 43.4 Å². The highest BCUT2D eigenvalue weighted by Gasteiger charge is 2.37. The van der Waals surface area contributed by atoms with E-state index in [9.17, 15) is 9.18 Å². The minimum Gasteiger partial charge on any atom is -0.484 e. The number of piperidine rings is 1. The van der Waals surface area contributed by atoms with E-state index < -0.39 is 0 Å². The van der Waals surface area contributed by atoms with Gasteiger partial charge in [0.1, 0.15) is 11.6 Å². The van der Waals surface area contributed by atoms with Crippen LogP contribution in [0.4, 0.5) is 4.39 Å². The van der Waals surface area contributed by atoms with Crippen molar-refractivity contribution in [2.45, 2.75) is 19.3 Å². The van der Waals surface area contributed by atoms with E-state index in [1.165, 1.54) is 18.6 Å². The van der Waals surface area contributed by atoms with Gasteiger partial charge in [0.05, 0.1) is 0 Å². The summed E-state index contributed by atoms with van der Waals surface area (Å²) in [6, 6.07) is 5.88. The molecule has 0 radical (unpaired) electrons. The maximum absolute atomic E-state index is 13.0. The molecule has 2 aliphatic rings. The number of halogens is 2. The Morgan fingerprint density at radius 3 is 2.73 bits per heavy atom. The Labute approximate surface area is 136 Å². The fourth-order valence-corrected chi connectivity index (χ4v) is 3.25. The van der Waals surface area contributed by atoms with Crippen molar-refractivity contribution in [2.75, 3.05) is 32.8 Å². The molecule has 1 aromatic carbocycles. The lowest BCUT2D eigenvalue weighted by atomic mass is 9.78. The van der Waals surface area contributed by atoms with Gasteiger partial charge < -0.3 is 15.0 Å². The number of rotatable bonds is 3. The van der Waals surface area contributed by atoms with Gasteiger partial charge in [-0.3, -0.25) is 4.79 Å². The minimum atomic E-state index is -0.353. The fraction of sp³-hybridized carbons (Fsp3) is 0.562. The van der Waals surface area contributed by atoms with E-state index in [1.807, 2.05) is 4.90 Å². The summed E-state index contributed by atoms with van der Waals surface area (Å²) < 4.78 is 18.4. The summed E-state index contributed by atoms with van der Waals surface area (Å²) in [7, 11) is 0. The normalized spacial score (nSPS) is 19.8. The lowest BCUT2D eigenvalue weighted by Gasteiger charge is -2.38. The summed E-state index contributed by atoms with van der Waals surface area (Å²) in [5, 5.41) is 3.42. The molecule has 4 nitrogen and oxygen atoms in total. The molecular weight excluding hydrogens is 307 g/mol. The van der Waals surface area contributed by atoms with Crippen LogP contribution in [0.2, 0.25) is 0 Å². The van der Waals surface area contributed by atoms with Crippen molar-refractivity contribution in [3.63, 3.8) is 0 Å². The molecule has 1 spiro atoms. The second-order valence-corrected chi connectivity index (χ2v) is 6.05. The Hall–Kier alpha value is -1.33. The van der Waals surface area contributed by atoms with Gasteiger partial charge in [0.15, 0.2) is 6.61 Å². The summed E-state index contributed by atoms with van der Waals surface area (Å²) in [6.45, 7) is 3.75. The Morgan fingerprint density at radius 2 is 2.09 bits per heavy atom. The number of nitrogens with one attached hydrogen (secondary N) is 1. The molecule has 0 saturated carbocycles. The van der Waals surface area contributed by atoms with E-state index in [-0.39, 0.29) is 30.7 Å². The molecule has 0 bridgehead atoms. The number of hydrogen-bond donors (Lipinski definition) is 1. The molecule has 2 saturated heterocycles. The predicted octanol–water partition coefficient (Wildman–Crippen LogP) is 2.23. The van der Waals surface area contributed by atoms with Crippen molar-refractivity contribution in [1.29, 1.82) is 0 Å². The molecule has 0 atom stereocenters. The van der Waals surface area contributed by atoms with Crippen LogP contribution in [0.3, 0.4) is 0 Å². The van der Waals surface area contributed by atoms with Crippen molar-refractivity contribution in [2.24, 2.45) is 5.41 Å². The molecule has 1 N–H and O–H groups in total. The number of ether oxygens (including phenoxy) is 1. The quantitative estimate of drug-likeness (QED) is 0.925. The van der Waals surface area contributed by atoms with E-state index in [2.05, 4.69) is 5.32 Å². The highest BCUT2D eigenvalue weighted by Crippen LogP contribution is 2.36. The van der Waals surface area contributed by atoms with Crippen molar-refractivity contribution < 1.29 is 13.9 Å². The Kier molecular flexibility index (Phi) is 5.64. The smallest absolute Gasteiger partial charge is 0.260 e. The third kappa shape index (κ3) is 3.90. The molecule has 1 amide bonds. The molecule has 0 unspecified atom stereocenters. The minimum absolute atomic E-state index is 0. The topological polar surface area (TPSA) is 41.6 Å². The highest BCUT2D eigenvalue weighted by molar-refractivity contribution is 5.85. The zero-order chi connectivity index (χ0) is 14.7. The number of likely N-dealkylation sites (tertiary alicyclic amines) is 1. The molecular formula is C16H22ClFN2O2. The first-order valence-electron chi connectivity index (χ1n) is 7.54. The van der Waals surface area contributed by atoms with E-state index in [4.69, 9.17) is 4.74 Å². The van der Waals surface area contributed by atoms with Gasteiger partial charge >= 0.3 is 0 Å². The largest absolute Gasteiger partial charge is 0.484 e. The summed E-state index contributed by atoms with van der Waals surface area (Å²) >= 11 is 0. The van der Waals surface area contributed by atoms with Gasteiger partial charge in [0.25, 0.3) is 5.91 Å². The number of benzene rings is 1. The maximum atomic E-state index is 13.0. The molecule has 1 aromatic rings. The SMILES string of the molecule is Cl.O=C(COc1cccc(F)c1)N1CCC2(CCNC2)CC1. The predicted molar refractivity (Wildman–Crippen MR) is 84.9 cm³/mol. The van der Waals surface area contributed by atoms with E-state index >= 15 is 0 Å². The van der Waals surface area contributed by atoms with Gasteiger partial charge in [0, 0.05) is 25.7 Å². The molecule has 2 aliphatic heterocycles.